The average molecular weight is 396 g/mol. The van der Waals surface area contributed by atoms with Crippen LogP contribution in [0.2, 0.25) is 0 Å². The Morgan fingerprint density at radius 3 is 2.24 bits per heavy atom. The Labute approximate surface area is 171 Å². The van der Waals surface area contributed by atoms with Crippen molar-refractivity contribution in [1.82, 2.24) is 10.2 Å². The van der Waals surface area contributed by atoms with E-state index in [2.05, 4.69) is 5.32 Å². The quantitative estimate of drug-likeness (QED) is 0.743. The summed E-state index contributed by atoms with van der Waals surface area (Å²) < 4.78 is 10.7. The number of likely N-dealkylation sites (tertiary alicyclic amines) is 1. The first-order chi connectivity index (χ1) is 14.2. The van der Waals surface area contributed by atoms with Gasteiger partial charge in [-0.25, -0.2) is 0 Å². The third kappa shape index (κ3) is 6.24. The lowest BCUT2D eigenvalue weighted by molar-refractivity contribution is -0.121. The van der Waals surface area contributed by atoms with E-state index in [1.165, 1.54) is 6.42 Å². The second-order valence-electron chi connectivity index (χ2n) is 7.10. The molecule has 0 aliphatic carbocycles. The summed E-state index contributed by atoms with van der Waals surface area (Å²) in [5.41, 5.74) is 1.67. The van der Waals surface area contributed by atoms with E-state index in [1.54, 1.807) is 7.11 Å². The molecular formula is C23H28N2O4. The number of nitrogens with one attached hydrogen (secondary N) is 1. The van der Waals surface area contributed by atoms with Gasteiger partial charge in [0.2, 0.25) is 5.91 Å². The molecule has 3 rings (SSSR count). The van der Waals surface area contributed by atoms with E-state index in [9.17, 15) is 9.59 Å². The number of rotatable bonds is 8. The molecular weight excluding hydrogens is 368 g/mol. The van der Waals surface area contributed by atoms with Gasteiger partial charge >= 0.3 is 0 Å². The fourth-order valence-electron chi connectivity index (χ4n) is 3.27. The summed E-state index contributed by atoms with van der Waals surface area (Å²) in [6.07, 6.45) is 3.64. The maximum atomic E-state index is 12.5. The Hall–Kier alpha value is -3.02. The highest BCUT2D eigenvalue weighted by atomic mass is 16.5. The van der Waals surface area contributed by atoms with E-state index in [0.717, 1.165) is 37.2 Å². The van der Waals surface area contributed by atoms with Crippen LogP contribution in [0, 0.1) is 0 Å². The Kier molecular flexibility index (Phi) is 7.50. The number of methoxy groups -OCH3 is 1. The average Bonchev–Trinajstić information content (AvgIpc) is 2.78. The third-order valence-electron chi connectivity index (χ3n) is 4.99. The fourth-order valence-corrected chi connectivity index (χ4v) is 3.27. The van der Waals surface area contributed by atoms with E-state index in [0.29, 0.717) is 24.5 Å². The van der Waals surface area contributed by atoms with Gasteiger partial charge in [0.05, 0.1) is 20.1 Å². The van der Waals surface area contributed by atoms with Crippen molar-refractivity contribution in [3.05, 3.63) is 59.7 Å². The Balaban J connectivity index is 1.38. The smallest absolute Gasteiger partial charge is 0.253 e. The molecule has 0 bridgehead atoms. The standard InChI is InChI=1S/C23H28N2O4/c1-28-20-9-11-21(12-10-20)29-16-13-22(26)24-17-18-5-7-19(8-6-18)23(27)25-14-3-2-4-15-25/h5-12H,2-4,13-17H2,1H3,(H,24,26). The van der Waals surface area contributed by atoms with Gasteiger partial charge in [0.15, 0.2) is 0 Å². The molecule has 0 radical (unpaired) electrons. The van der Waals surface area contributed by atoms with Crippen molar-refractivity contribution in [1.29, 1.82) is 0 Å². The number of hydrogen-bond donors (Lipinski definition) is 1. The number of carbonyl (C=O) groups excluding carboxylic acids is 2. The van der Waals surface area contributed by atoms with Gasteiger partial charge in [0, 0.05) is 25.2 Å². The molecule has 2 aromatic carbocycles. The van der Waals surface area contributed by atoms with Crippen LogP contribution in [0.4, 0.5) is 0 Å². The number of piperidine rings is 1. The minimum Gasteiger partial charge on any atom is -0.497 e. The van der Waals surface area contributed by atoms with Crippen LogP contribution in [0.5, 0.6) is 11.5 Å². The second kappa shape index (κ2) is 10.5. The number of nitrogens with zero attached hydrogens (tertiary/aromatic N) is 1. The van der Waals surface area contributed by atoms with E-state index in [-0.39, 0.29) is 18.2 Å². The Bertz CT molecular complexity index is 797. The summed E-state index contributed by atoms with van der Waals surface area (Å²) in [5.74, 6) is 1.48. The zero-order valence-electron chi connectivity index (χ0n) is 16.9. The first-order valence-electron chi connectivity index (χ1n) is 10.1. The van der Waals surface area contributed by atoms with Crippen LogP contribution in [0.1, 0.15) is 41.6 Å². The summed E-state index contributed by atoms with van der Waals surface area (Å²) in [7, 11) is 1.61. The van der Waals surface area contributed by atoms with Gasteiger partial charge in [0.25, 0.3) is 5.91 Å². The Morgan fingerprint density at radius 2 is 1.59 bits per heavy atom. The minimum atomic E-state index is -0.0769. The predicted octanol–water partition coefficient (Wildman–Crippen LogP) is 3.41. The van der Waals surface area contributed by atoms with Gasteiger partial charge in [-0.1, -0.05) is 12.1 Å². The molecule has 29 heavy (non-hydrogen) atoms. The molecule has 1 saturated heterocycles. The summed E-state index contributed by atoms with van der Waals surface area (Å²) >= 11 is 0. The molecule has 6 nitrogen and oxygen atoms in total. The monoisotopic (exact) mass is 396 g/mol. The molecule has 6 heteroatoms. The highest BCUT2D eigenvalue weighted by molar-refractivity contribution is 5.94. The molecule has 1 fully saturated rings. The lowest BCUT2D eigenvalue weighted by Crippen LogP contribution is -2.35. The zero-order chi connectivity index (χ0) is 20.5. The lowest BCUT2D eigenvalue weighted by Gasteiger charge is -2.26. The molecule has 1 N–H and O–H groups in total. The van der Waals surface area contributed by atoms with Crippen LogP contribution in [-0.4, -0.2) is 43.5 Å². The normalized spacial score (nSPS) is 13.6. The summed E-state index contributed by atoms with van der Waals surface area (Å²) in [6.45, 7) is 2.42. The van der Waals surface area contributed by atoms with Gasteiger partial charge in [-0.15, -0.1) is 0 Å². The van der Waals surface area contributed by atoms with E-state index in [1.807, 2.05) is 53.4 Å². The van der Waals surface area contributed by atoms with Gasteiger partial charge < -0.3 is 19.7 Å². The number of hydrogen-bond acceptors (Lipinski definition) is 4. The van der Waals surface area contributed by atoms with Crippen molar-refractivity contribution in [3.8, 4) is 11.5 Å². The highest BCUT2D eigenvalue weighted by Crippen LogP contribution is 2.17. The molecule has 2 amide bonds. The van der Waals surface area contributed by atoms with Crippen LogP contribution in [0.3, 0.4) is 0 Å². The molecule has 0 aromatic heterocycles. The summed E-state index contributed by atoms with van der Waals surface area (Å²) in [5, 5.41) is 2.88. The molecule has 154 valence electrons. The van der Waals surface area contributed by atoms with Crippen molar-refractivity contribution >= 4 is 11.8 Å². The van der Waals surface area contributed by atoms with Gasteiger partial charge in [-0.2, -0.15) is 0 Å². The Morgan fingerprint density at radius 1 is 0.931 bits per heavy atom. The zero-order valence-corrected chi connectivity index (χ0v) is 16.9. The van der Waals surface area contributed by atoms with Crippen molar-refractivity contribution in [2.75, 3.05) is 26.8 Å². The van der Waals surface area contributed by atoms with Crippen LogP contribution in [0.15, 0.2) is 48.5 Å². The maximum absolute atomic E-state index is 12.5. The molecule has 1 aliphatic rings. The molecule has 1 heterocycles. The third-order valence-corrected chi connectivity index (χ3v) is 4.99. The van der Waals surface area contributed by atoms with Crippen LogP contribution in [0.25, 0.3) is 0 Å². The summed E-state index contributed by atoms with van der Waals surface area (Å²) in [4.78, 5) is 26.4. The van der Waals surface area contributed by atoms with Crippen molar-refractivity contribution < 1.29 is 19.1 Å². The molecule has 0 unspecified atom stereocenters. The highest BCUT2D eigenvalue weighted by Gasteiger charge is 2.17. The molecule has 0 spiro atoms. The van der Waals surface area contributed by atoms with Gasteiger partial charge in [-0.3, -0.25) is 9.59 Å². The fraction of sp³-hybridized carbons (Fsp3) is 0.391. The summed E-state index contributed by atoms with van der Waals surface area (Å²) in [6, 6.07) is 14.7. The number of amides is 2. The largest absolute Gasteiger partial charge is 0.497 e. The maximum Gasteiger partial charge on any atom is 0.253 e. The molecule has 0 saturated carbocycles. The lowest BCUT2D eigenvalue weighted by atomic mass is 10.1. The van der Waals surface area contributed by atoms with Crippen molar-refractivity contribution in [3.63, 3.8) is 0 Å². The topological polar surface area (TPSA) is 67.9 Å². The van der Waals surface area contributed by atoms with Crippen LogP contribution in [-0.2, 0) is 11.3 Å². The van der Waals surface area contributed by atoms with E-state index in [4.69, 9.17) is 9.47 Å². The second-order valence-corrected chi connectivity index (χ2v) is 7.10. The molecule has 2 aromatic rings. The number of benzene rings is 2. The molecule has 0 atom stereocenters. The number of carbonyl (C=O) groups is 2. The van der Waals surface area contributed by atoms with E-state index < -0.39 is 0 Å². The van der Waals surface area contributed by atoms with Crippen LogP contribution >= 0.6 is 0 Å². The van der Waals surface area contributed by atoms with Gasteiger partial charge in [0.1, 0.15) is 11.5 Å². The van der Waals surface area contributed by atoms with Crippen LogP contribution < -0.4 is 14.8 Å². The first kappa shape index (κ1) is 20.7. The van der Waals surface area contributed by atoms with Crippen molar-refractivity contribution in [2.45, 2.75) is 32.2 Å². The predicted molar refractivity (Wildman–Crippen MR) is 111 cm³/mol. The van der Waals surface area contributed by atoms with Gasteiger partial charge in [-0.05, 0) is 61.2 Å². The van der Waals surface area contributed by atoms with E-state index >= 15 is 0 Å². The minimum absolute atomic E-state index is 0.0769. The SMILES string of the molecule is COc1ccc(OCCC(=O)NCc2ccc(C(=O)N3CCCCC3)cc2)cc1. The first-order valence-corrected chi connectivity index (χ1v) is 10.1. The number of ether oxygens (including phenoxy) is 2. The van der Waals surface area contributed by atoms with Crippen molar-refractivity contribution in [2.24, 2.45) is 0 Å². The molecule has 1 aliphatic heterocycles.